The van der Waals surface area contributed by atoms with Crippen LogP contribution in [0.2, 0.25) is 0 Å². The van der Waals surface area contributed by atoms with Crippen LogP contribution >= 0.6 is 11.3 Å². The Balaban J connectivity index is 2.16. The van der Waals surface area contributed by atoms with E-state index in [2.05, 4.69) is 5.32 Å². The predicted octanol–water partition coefficient (Wildman–Crippen LogP) is 4.26. The number of thiophene rings is 1. The summed E-state index contributed by atoms with van der Waals surface area (Å²) in [5.74, 6) is -1.07. The number of anilines is 1. The number of benzene rings is 1. The van der Waals surface area contributed by atoms with Crippen LogP contribution in [0.4, 0.5) is 14.5 Å². The highest BCUT2D eigenvalue weighted by Crippen LogP contribution is 2.23. The van der Waals surface area contributed by atoms with Gasteiger partial charge in [0.15, 0.2) is 5.82 Å². The minimum atomic E-state index is -0.554. The Labute approximate surface area is 103 Å². The Morgan fingerprint density at radius 2 is 1.88 bits per heavy atom. The summed E-state index contributed by atoms with van der Waals surface area (Å²) < 4.78 is 27.1. The van der Waals surface area contributed by atoms with Gasteiger partial charge in [-0.1, -0.05) is 6.07 Å². The van der Waals surface area contributed by atoms with Crippen molar-refractivity contribution in [2.45, 2.75) is 20.4 Å². The van der Waals surface area contributed by atoms with Crippen LogP contribution in [0.5, 0.6) is 0 Å². The molecule has 1 heterocycles. The lowest BCUT2D eigenvalue weighted by atomic mass is 10.2. The van der Waals surface area contributed by atoms with Crippen molar-refractivity contribution < 1.29 is 8.78 Å². The second-order valence-electron chi connectivity index (χ2n) is 3.92. The Hall–Kier alpha value is -1.42. The average molecular weight is 253 g/mol. The van der Waals surface area contributed by atoms with Crippen LogP contribution in [0.25, 0.3) is 0 Å². The third-order valence-electron chi connectivity index (χ3n) is 2.52. The first kappa shape index (κ1) is 12.0. The molecule has 0 radical (unpaired) electrons. The molecule has 0 aliphatic rings. The maximum atomic E-state index is 13.7. The van der Waals surface area contributed by atoms with Gasteiger partial charge in [0.2, 0.25) is 0 Å². The molecule has 17 heavy (non-hydrogen) atoms. The third kappa shape index (κ3) is 2.64. The summed E-state index contributed by atoms with van der Waals surface area (Å²) >= 11 is 1.62. The highest BCUT2D eigenvalue weighted by Gasteiger charge is 2.11. The van der Waals surface area contributed by atoms with E-state index < -0.39 is 11.6 Å². The van der Waals surface area contributed by atoms with Crippen molar-refractivity contribution in [3.8, 4) is 0 Å². The fourth-order valence-corrected chi connectivity index (χ4v) is 2.40. The lowest BCUT2D eigenvalue weighted by Crippen LogP contribution is -2.03. The second kappa shape index (κ2) is 4.84. The first-order valence-electron chi connectivity index (χ1n) is 5.31. The number of halogens is 2. The van der Waals surface area contributed by atoms with Gasteiger partial charge < -0.3 is 5.32 Å². The van der Waals surface area contributed by atoms with Crippen molar-refractivity contribution in [2.24, 2.45) is 0 Å². The molecule has 0 aliphatic heterocycles. The van der Waals surface area contributed by atoms with Gasteiger partial charge in [0.25, 0.3) is 0 Å². The highest BCUT2D eigenvalue weighted by atomic mass is 32.1. The number of aryl methyl sites for hydroxylation is 2. The molecular weight excluding hydrogens is 240 g/mol. The molecule has 90 valence electrons. The van der Waals surface area contributed by atoms with Gasteiger partial charge in [-0.15, -0.1) is 11.3 Å². The van der Waals surface area contributed by atoms with E-state index in [1.165, 1.54) is 17.0 Å². The normalized spacial score (nSPS) is 10.6. The smallest absolute Gasteiger partial charge is 0.152 e. The molecule has 2 rings (SSSR count). The Bertz CT molecular complexity index is 534. The average Bonchev–Trinajstić information content (AvgIpc) is 2.70. The van der Waals surface area contributed by atoms with E-state index in [1.807, 2.05) is 19.1 Å². The van der Waals surface area contributed by atoms with Crippen LogP contribution in [-0.2, 0) is 6.54 Å². The molecule has 0 atom stereocenters. The van der Waals surface area contributed by atoms with Gasteiger partial charge in [-0.2, -0.15) is 0 Å². The first-order chi connectivity index (χ1) is 8.08. The van der Waals surface area contributed by atoms with Crippen molar-refractivity contribution in [1.82, 2.24) is 0 Å². The number of hydrogen-bond donors (Lipinski definition) is 1. The highest BCUT2D eigenvalue weighted by molar-refractivity contribution is 7.11. The van der Waals surface area contributed by atoms with E-state index in [0.717, 1.165) is 4.88 Å². The van der Waals surface area contributed by atoms with Crippen LogP contribution in [0.3, 0.4) is 0 Å². The Morgan fingerprint density at radius 1 is 1.12 bits per heavy atom. The summed E-state index contributed by atoms with van der Waals surface area (Å²) in [5.41, 5.74) is 0.396. The molecule has 0 saturated heterocycles. The zero-order chi connectivity index (χ0) is 12.4. The van der Waals surface area contributed by atoms with Crippen LogP contribution < -0.4 is 5.32 Å². The molecule has 2 aromatic rings. The van der Waals surface area contributed by atoms with Crippen molar-refractivity contribution in [3.05, 3.63) is 51.2 Å². The van der Waals surface area contributed by atoms with Gasteiger partial charge in [-0.3, -0.25) is 0 Å². The fourth-order valence-electron chi connectivity index (χ4n) is 1.57. The Morgan fingerprint density at radius 3 is 2.53 bits per heavy atom. The largest absolute Gasteiger partial charge is 0.375 e. The maximum Gasteiger partial charge on any atom is 0.152 e. The minimum Gasteiger partial charge on any atom is -0.375 e. The Kier molecular flexibility index (Phi) is 3.43. The number of nitrogens with one attached hydrogen (secondary N) is 1. The summed E-state index contributed by atoms with van der Waals surface area (Å²) in [7, 11) is 0. The quantitative estimate of drug-likeness (QED) is 0.862. The van der Waals surface area contributed by atoms with Crippen molar-refractivity contribution in [3.63, 3.8) is 0 Å². The van der Waals surface area contributed by atoms with Crippen LogP contribution in [-0.4, -0.2) is 0 Å². The standard InChI is InChI=1S/C13H13F2NS/c1-8-3-6-11(14)13(12(8)15)16-7-10-5-4-9(2)17-10/h3-6,16H,7H2,1-2H3. The van der Waals surface area contributed by atoms with Gasteiger partial charge in [0.1, 0.15) is 11.5 Å². The monoisotopic (exact) mass is 253 g/mol. The molecule has 0 aliphatic carbocycles. The molecule has 0 amide bonds. The molecule has 0 saturated carbocycles. The van der Waals surface area contributed by atoms with Crippen LogP contribution in [0.15, 0.2) is 24.3 Å². The minimum absolute atomic E-state index is 0.0453. The van der Waals surface area contributed by atoms with E-state index >= 15 is 0 Å². The molecule has 0 fully saturated rings. The molecule has 1 N–H and O–H groups in total. The van der Waals surface area contributed by atoms with Gasteiger partial charge in [-0.25, -0.2) is 8.78 Å². The van der Waals surface area contributed by atoms with E-state index in [1.54, 1.807) is 18.3 Å². The van der Waals surface area contributed by atoms with Gasteiger partial charge in [-0.05, 0) is 37.6 Å². The van der Waals surface area contributed by atoms with Crippen LogP contribution in [0.1, 0.15) is 15.3 Å². The van der Waals surface area contributed by atoms with Crippen molar-refractivity contribution >= 4 is 17.0 Å². The summed E-state index contributed by atoms with van der Waals surface area (Å²) in [5, 5.41) is 2.81. The van der Waals surface area contributed by atoms with E-state index in [4.69, 9.17) is 0 Å². The zero-order valence-corrected chi connectivity index (χ0v) is 10.5. The fraction of sp³-hybridized carbons (Fsp3) is 0.231. The van der Waals surface area contributed by atoms with Crippen LogP contribution in [0, 0.1) is 25.5 Å². The van der Waals surface area contributed by atoms with Crippen molar-refractivity contribution in [1.29, 1.82) is 0 Å². The lowest BCUT2D eigenvalue weighted by Gasteiger charge is -2.09. The summed E-state index contributed by atoms with van der Waals surface area (Å²) in [4.78, 5) is 2.25. The zero-order valence-electron chi connectivity index (χ0n) is 9.68. The summed E-state index contributed by atoms with van der Waals surface area (Å²) in [6, 6.07) is 6.66. The summed E-state index contributed by atoms with van der Waals surface area (Å²) in [6.07, 6.45) is 0. The molecule has 1 aromatic carbocycles. The molecule has 0 unspecified atom stereocenters. The number of hydrogen-bond acceptors (Lipinski definition) is 2. The second-order valence-corrected chi connectivity index (χ2v) is 5.29. The number of rotatable bonds is 3. The van der Waals surface area contributed by atoms with Gasteiger partial charge >= 0.3 is 0 Å². The predicted molar refractivity (Wildman–Crippen MR) is 67.5 cm³/mol. The topological polar surface area (TPSA) is 12.0 Å². The molecule has 1 aromatic heterocycles. The molecule has 0 bridgehead atoms. The van der Waals surface area contributed by atoms with E-state index in [-0.39, 0.29) is 5.69 Å². The van der Waals surface area contributed by atoms with E-state index in [9.17, 15) is 8.78 Å². The lowest BCUT2D eigenvalue weighted by molar-refractivity contribution is 0.582. The van der Waals surface area contributed by atoms with E-state index in [0.29, 0.717) is 12.1 Å². The van der Waals surface area contributed by atoms with Gasteiger partial charge in [0, 0.05) is 16.3 Å². The summed E-state index contributed by atoms with van der Waals surface area (Å²) in [6.45, 7) is 4.06. The van der Waals surface area contributed by atoms with Gasteiger partial charge in [0.05, 0.1) is 0 Å². The maximum absolute atomic E-state index is 13.7. The molecule has 1 nitrogen and oxygen atoms in total. The molecular formula is C13H13F2NS. The molecule has 0 spiro atoms. The third-order valence-corrected chi connectivity index (χ3v) is 3.52. The molecule has 4 heteroatoms. The van der Waals surface area contributed by atoms with Crippen molar-refractivity contribution in [2.75, 3.05) is 5.32 Å². The SMILES string of the molecule is Cc1ccc(CNc2c(F)ccc(C)c2F)s1. The first-order valence-corrected chi connectivity index (χ1v) is 6.13.